The summed E-state index contributed by atoms with van der Waals surface area (Å²) in [7, 11) is -1.36. The number of rotatable bonds is 13. The summed E-state index contributed by atoms with van der Waals surface area (Å²) < 4.78 is 57.5. The normalized spacial score (nSPS) is 19.3. The van der Waals surface area contributed by atoms with E-state index in [1.807, 2.05) is 0 Å². The molecule has 0 aromatic carbocycles. The summed E-state index contributed by atoms with van der Waals surface area (Å²) in [6, 6.07) is 0.308. The van der Waals surface area contributed by atoms with Gasteiger partial charge in [-0.2, -0.15) is 18.3 Å². The van der Waals surface area contributed by atoms with E-state index < -0.39 is 37.1 Å². The van der Waals surface area contributed by atoms with E-state index in [0.717, 1.165) is 12.2 Å². The topological polar surface area (TPSA) is 91.7 Å². The summed E-state index contributed by atoms with van der Waals surface area (Å²) in [6.07, 6.45) is -3.19. The summed E-state index contributed by atoms with van der Waals surface area (Å²) in [6.45, 7) is 10.6. The molecule has 1 fully saturated rings. The van der Waals surface area contributed by atoms with Gasteiger partial charge in [0.25, 0.3) is 5.56 Å². The fraction of sp³-hybridized carbons (Fsp3) is 0.762. The van der Waals surface area contributed by atoms with Crippen molar-refractivity contribution in [2.75, 3.05) is 31.7 Å². The number of anilines is 1. The molecule has 188 valence electrons. The lowest BCUT2D eigenvalue weighted by Crippen LogP contribution is -2.34. The molecule has 0 spiro atoms. The van der Waals surface area contributed by atoms with Gasteiger partial charge in [0.2, 0.25) is 0 Å². The van der Waals surface area contributed by atoms with E-state index in [1.54, 1.807) is 13.8 Å². The lowest BCUT2D eigenvalue weighted by Gasteiger charge is -2.20. The molecule has 1 aliphatic rings. The summed E-state index contributed by atoms with van der Waals surface area (Å²) >= 11 is 0. The molecule has 1 aromatic rings. The van der Waals surface area contributed by atoms with E-state index in [0.29, 0.717) is 30.9 Å². The second kappa shape index (κ2) is 11.5. The van der Waals surface area contributed by atoms with Gasteiger partial charge in [0.15, 0.2) is 0 Å². The van der Waals surface area contributed by atoms with Crippen molar-refractivity contribution in [3.63, 3.8) is 0 Å². The van der Waals surface area contributed by atoms with Gasteiger partial charge in [-0.15, -0.1) is 0 Å². The third kappa shape index (κ3) is 8.74. The molecule has 1 aromatic heterocycles. The molecular weight excluding hydrogens is 459 g/mol. The predicted octanol–water partition coefficient (Wildman–Crippen LogP) is 3.59. The molecule has 2 rings (SSSR count). The highest BCUT2D eigenvalue weighted by atomic mass is 28.3. The first-order valence-electron chi connectivity index (χ1n) is 11.1. The van der Waals surface area contributed by atoms with Crippen LogP contribution in [0.15, 0.2) is 11.0 Å². The van der Waals surface area contributed by atoms with Crippen LogP contribution in [0.3, 0.4) is 0 Å². The molecule has 1 aliphatic carbocycles. The van der Waals surface area contributed by atoms with E-state index in [-0.39, 0.29) is 31.1 Å². The van der Waals surface area contributed by atoms with E-state index >= 15 is 0 Å². The molecule has 33 heavy (non-hydrogen) atoms. The molecule has 0 bridgehead atoms. The maximum absolute atomic E-state index is 13.6. The molecule has 12 heteroatoms. The van der Waals surface area contributed by atoms with Crippen molar-refractivity contribution in [1.29, 1.82) is 0 Å². The van der Waals surface area contributed by atoms with Gasteiger partial charge in [0.05, 0.1) is 37.6 Å². The fourth-order valence-corrected chi connectivity index (χ4v) is 3.92. The van der Waals surface area contributed by atoms with Crippen LogP contribution in [0.2, 0.25) is 25.7 Å². The third-order valence-electron chi connectivity index (χ3n) is 5.15. The lowest BCUT2D eigenvalue weighted by molar-refractivity contribution is -0.145. The molecule has 1 N–H and O–H groups in total. The molecule has 3 atom stereocenters. The molecule has 2 unspecified atom stereocenters. The smallest absolute Gasteiger partial charge is 0.423 e. The number of esters is 1. The number of alkyl halides is 3. The summed E-state index contributed by atoms with van der Waals surface area (Å²) in [5.74, 6) is -0.355. The number of carbonyl (C=O) groups is 1. The number of aromatic nitrogens is 2. The average Bonchev–Trinajstić information content (AvgIpc) is 3.44. The van der Waals surface area contributed by atoms with Crippen LogP contribution in [-0.2, 0) is 31.9 Å². The monoisotopic (exact) mass is 493 g/mol. The van der Waals surface area contributed by atoms with E-state index in [2.05, 4.69) is 30.1 Å². The third-order valence-corrected chi connectivity index (χ3v) is 6.86. The minimum Gasteiger partial charge on any atom is -0.466 e. The SMILES string of the molecule is CCOC(=O)C1CC1COC[C@H](C)Nc1cnn(COCC[Si](C)(C)C)c(=O)c1C(F)(F)F. The van der Waals surface area contributed by atoms with Crippen molar-refractivity contribution in [2.45, 2.75) is 64.9 Å². The molecular formula is C21H34F3N3O5Si. The second-order valence-corrected chi connectivity index (χ2v) is 15.1. The zero-order chi connectivity index (χ0) is 24.8. The molecule has 0 amide bonds. The Balaban J connectivity index is 1.93. The Hall–Kier alpha value is -1.92. The van der Waals surface area contributed by atoms with Crippen LogP contribution in [0.5, 0.6) is 0 Å². The van der Waals surface area contributed by atoms with Gasteiger partial charge in [0, 0.05) is 20.7 Å². The van der Waals surface area contributed by atoms with Gasteiger partial charge >= 0.3 is 12.1 Å². The zero-order valence-electron chi connectivity index (χ0n) is 19.8. The van der Waals surface area contributed by atoms with Crippen LogP contribution >= 0.6 is 0 Å². The number of hydrogen-bond acceptors (Lipinski definition) is 7. The molecule has 1 heterocycles. The molecule has 1 saturated carbocycles. The van der Waals surface area contributed by atoms with Gasteiger partial charge < -0.3 is 19.5 Å². The quantitative estimate of drug-likeness (QED) is 0.255. The van der Waals surface area contributed by atoms with Crippen molar-refractivity contribution in [3.05, 3.63) is 22.1 Å². The largest absolute Gasteiger partial charge is 0.466 e. The highest BCUT2D eigenvalue weighted by Crippen LogP contribution is 2.39. The Morgan fingerprint density at radius 3 is 2.64 bits per heavy atom. The summed E-state index contributed by atoms with van der Waals surface area (Å²) in [4.78, 5) is 24.1. The predicted molar refractivity (Wildman–Crippen MR) is 120 cm³/mol. The van der Waals surface area contributed by atoms with Crippen molar-refractivity contribution < 1.29 is 32.2 Å². The van der Waals surface area contributed by atoms with Crippen LogP contribution < -0.4 is 10.9 Å². The second-order valence-electron chi connectivity index (χ2n) is 9.52. The van der Waals surface area contributed by atoms with Gasteiger partial charge in [-0.1, -0.05) is 19.6 Å². The minimum absolute atomic E-state index is 0.0635. The van der Waals surface area contributed by atoms with E-state index in [4.69, 9.17) is 14.2 Å². The lowest BCUT2D eigenvalue weighted by atomic mass is 10.2. The fourth-order valence-electron chi connectivity index (χ4n) is 3.17. The van der Waals surface area contributed by atoms with E-state index in [9.17, 15) is 22.8 Å². The van der Waals surface area contributed by atoms with Crippen LogP contribution in [0.25, 0.3) is 0 Å². The molecule has 0 saturated heterocycles. The Labute approximate surface area is 192 Å². The standard InChI is InChI=1S/C21H34F3N3O5Si/c1-6-32-20(29)16-9-15(16)12-31-11-14(2)26-17-10-25-27(13-30-7-8-33(3,4)5)19(28)18(17)21(22,23)24/h10,14-16,26H,6-9,11-13H2,1-5H3/t14-,15?,16?/m0/s1. The van der Waals surface area contributed by atoms with Crippen LogP contribution in [-0.4, -0.2) is 56.3 Å². The summed E-state index contributed by atoms with van der Waals surface area (Å²) in [5, 5.41) is 6.51. The number of ether oxygens (including phenoxy) is 3. The number of nitrogens with zero attached hydrogens (tertiary/aromatic N) is 2. The first-order chi connectivity index (χ1) is 15.3. The van der Waals surface area contributed by atoms with Gasteiger partial charge in [-0.05, 0) is 32.2 Å². The first kappa shape index (κ1) is 27.3. The Morgan fingerprint density at radius 1 is 1.33 bits per heavy atom. The Kier molecular flexibility index (Phi) is 9.50. The van der Waals surface area contributed by atoms with E-state index in [1.165, 1.54) is 0 Å². The maximum Gasteiger partial charge on any atom is 0.423 e. The van der Waals surface area contributed by atoms with Crippen molar-refractivity contribution in [2.24, 2.45) is 11.8 Å². The molecule has 8 nitrogen and oxygen atoms in total. The van der Waals surface area contributed by atoms with Crippen molar-refractivity contribution in [3.8, 4) is 0 Å². The van der Waals surface area contributed by atoms with Crippen molar-refractivity contribution >= 4 is 19.7 Å². The highest BCUT2D eigenvalue weighted by Gasteiger charge is 2.44. The maximum atomic E-state index is 13.6. The minimum atomic E-state index is -4.86. The van der Waals surface area contributed by atoms with Crippen LogP contribution in [0.4, 0.5) is 18.9 Å². The number of nitrogens with one attached hydrogen (secondary N) is 1. The average molecular weight is 494 g/mol. The Morgan fingerprint density at radius 2 is 2.03 bits per heavy atom. The van der Waals surface area contributed by atoms with Crippen molar-refractivity contribution in [1.82, 2.24) is 9.78 Å². The molecule has 0 aliphatic heterocycles. The first-order valence-corrected chi connectivity index (χ1v) is 14.8. The Bertz CT molecular complexity index is 857. The number of carbonyl (C=O) groups excluding carboxylic acids is 1. The van der Waals surface area contributed by atoms with Crippen LogP contribution in [0.1, 0.15) is 25.8 Å². The van der Waals surface area contributed by atoms with Gasteiger partial charge in [-0.25, -0.2) is 4.68 Å². The number of hydrogen-bond donors (Lipinski definition) is 1. The highest BCUT2D eigenvalue weighted by molar-refractivity contribution is 6.76. The molecule has 0 radical (unpaired) electrons. The summed E-state index contributed by atoms with van der Waals surface area (Å²) in [5.41, 5.74) is -2.98. The van der Waals surface area contributed by atoms with Crippen LogP contribution in [0, 0.1) is 11.8 Å². The van der Waals surface area contributed by atoms with Gasteiger partial charge in [-0.3, -0.25) is 9.59 Å². The number of halogens is 3. The van der Waals surface area contributed by atoms with Gasteiger partial charge in [0.1, 0.15) is 12.3 Å². The zero-order valence-corrected chi connectivity index (χ0v) is 20.8.